The highest BCUT2D eigenvalue weighted by molar-refractivity contribution is 5.79. The number of aliphatic hydroxyl groups is 1. The van der Waals surface area contributed by atoms with Crippen molar-refractivity contribution in [2.24, 2.45) is 5.92 Å². The molecule has 2 N–H and O–H groups in total. The van der Waals surface area contributed by atoms with Crippen LogP contribution < -0.4 is 5.32 Å². The van der Waals surface area contributed by atoms with Crippen molar-refractivity contribution in [2.45, 2.75) is 12.5 Å². The Bertz CT molecular complexity index is 290. The second kappa shape index (κ2) is 5.46. The lowest BCUT2D eigenvalue weighted by Crippen LogP contribution is -2.53. The average Bonchev–Trinajstić information content (AvgIpc) is 2.38. The summed E-state index contributed by atoms with van der Waals surface area (Å²) in [5.41, 5.74) is 0. The van der Waals surface area contributed by atoms with E-state index < -0.39 is 6.10 Å². The molecule has 0 radical (unpaired) electrons. The van der Waals surface area contributed by atoms with Gasteiger partial charge in [0.05, 0.1) is 12.0 Å². The fraction of sp³-hybridized carbons (Fsp3) is 0.818. The third-order valence-electron chi connectivity index (χ3n) is 3.45. The number of carbonyl (C=O) groups excluding carboxylic acids is 2. The van der Waals surface area contributed by atoms with Gasteiger partial charge in [-0.2, -0.15) is 0 Å². The Morgan fingerprint density at radius 3 is 2.53 bits per heavy atom. The summed E-state index contributed by atoms with van der Waals surface area (Å²) < 4.78 is 0. The normalized spacial score (nSPS) is 30.2. The first-order valence-electron chi connectivity index (χ1n) is 6.07. The van der Waals surface area contributed by atoms with E-state index in [4.69, 9.17) is 0 Å². The lowest BCUT2D eigenvalue weighted by atomic mass is 9.96. The Labute approximate surface area is 101 Å². The maximum Gasteiger partial charge on any atom is 0.227 e. The summed E-state index contributed by atoms with van der Waals surface area (Å²) in [5, 5.41) is 12.6. The van der Waals surface area contributed by atoms with Crippen molar-refractivity contribution in [3.63, 3.8) is 0 Å². The predicted octanol–water partition coefficient (Wildman–Crippen LogP) is -1.74. The molecule has 2 saturated heterocycles. The van der Waals surface area contributed by atoms with Crippen molar-refractivity contribution in [2.75, 3.05) is 39.3 Å². The number of nitrogens with zero attached hydrogens (tertiary/aromatic N) is 2. The zero-order chi connectivity index (χ0) is 12.3. The van der Waals surface area contributed by atoms with Gasteiger partial charge in [-0.1, -0.05) is 0 Å². The van der Waals surface area contributed by atoms with Crippen molar-refractivity contribution in [3.05, 3.63) is 0 Å². The molecule has 0 aromatic carbocycles. The van der Waals surface area contributed by atoms with Gasteiger partial charge in [0.1, 0.15) is 0 Å². The third kappa shape index (κ3) is 2.95. The molecule has 2 amide bonds. The molecule has 2 heterocycles. The maximum atomic E-state index is 12.2. The van der Waals surface area contributed by atoms with Crippen LogP contribution in [-0.4, -0.2) is 72.6 Å². The van der Waals surface area contributed by atoms with Gasteiger partial charge in [0.15, 0.2) is 0 Å². The Balaban J connectivity index is 1.85. The number of piperazine rings is 1. The summed E-state index contributed by atoms with van der Waals surface area (Å²) >= 11 is 0. The number of amides is 2. The summed E-state index contributed by atoms with van der Waals surface area (Å²) in [7, 11) is 0. The first-order chi connectivity index (χ1) is 8.20. The molecule has 96 valence electrons. The van der Waals surface area contributed by atoms with Gasteiger partial charge in [-0.3, -0.25) is 9.59 Å². The molecule has 0 saturated carbocycles. The average molecular weight is 241 g/mol. The summed E-state index contributed by atoms with van der Waals surface area (Å²) in [4.78, 5) is 26.2. The highest BCUT2D eigenvalue weighted by Crippen LogP contribution is 2.15. The molecule has 2 atom stereocenters. The first kappa shape index (κ1) is 12.3. The fourth-order valence-electron chi connectivity index (χ4n) is 2.41. The minimum atomic E-state index is -0.422. The second-order valence-corrected chi connectivity index (χ2v) is 4.71. The third-order valence-corrected chi connectivity index (χ3v) is 3.45. The van der Waals surface area contributed by atoms with Crippen LogP contribution in [-0.2, 0) is 9.59 Å². The minimum absolute atomic E-state index is 0.0989. The van der Waals surface area contributed by atoms with Gasteiger partial charge in [0.2, 0.25) is 12.3 Å². The smallest absolute Gasteiger partial charge is 0.227 e. The number of carbonyl (C=O) groups is 2. The van der Waals surface area contributed by atoms with Gasteiger partial charge in [-0.25, -0.2) is 0 Å². The molecule has 2 fully saturated rings. The van der Waals surface area contributed by atoms with E-state index in [1.165, 1.54) is 0 Å². The molecule has 0 aromatic rings. The number of β-amino-alcohol motifs (C(OH)–C–C–N with tert-alkyl or cyclic N) is 1. The monoisotopic (exact) mass is 241 g/mol. The lowest BCUT2D eigenvalue weighted by molar-refractivity contribution is -0.140. The number of aliphatic hydroxyl groups excluding tert-OH is 1. The van der Waals surface area contributed by atoms with Gasteiger partial charge in [0.25, 0.3) is 0 Å². The molecule has 0 spiro atoms. The van der Waals surface area contributed by atoms with Crippen LogP contribution in [0.5, 0.6) is 0 Å². The number of rotatable bonds is 2. The zero-order valence-electron chi connectivity index (χ0n) is 9.84. The van der Waals surface area contributed by atoms with Crippen LogP contribution in [0.3, 0.4) is 0 Å². The lowest BCUT2D eigenvalue weighted by Gasteiger charge is -2.36. The van der Waals surface area contributed by atoms with Crippen LogP contribution in [0.25, 0.3) is 0 Å². The Kier molecular flexibility index (Phi) is 3.96. The van der Waals surface area contributed by atoms with E-state index in [9.17, 15) is 14.7 Å². The van der Waals surface area contributed by atoms with Crippen LogP contribution in [0.15, 0.2) is 0 Å². The largest absolute Gasteiger partial charge is 0.392 e. The molecule has 6 heteroatoms. The predicted molar refractivity (Wildman–Crippen MR) is 61.2 cm³/mol. The molecule has 2 rings (SSSR count). The Hall–Kier alpha value is -1.14. The summed E-state index contributed by atoms with van der Waals surface area (Å²) in [6, 6.07) is 0. The van der Waals surface area contributed by atoms with Gasteiger partial charge < -0.3 is 20.2 Å². The molecule has 17 heavy (non-hydrogen) atoms. The molecular weight excluding hydrogens is 222 g/mol. The molecule has 6 nitrogen and oxygen atoms in total. The molecule has 0 aromatic heterocycles. The van der Waals surface area contributed by atoms with Gasteiger partial charge in [0, 0.05) is 39.3 Å². The maximum absolute atomic E-state index is 12.2. The van der Waals surface area contributed by atoms with Crippen LogP contribution in [0, 0.1) is 5.92 Å². The summed E-state index contributed by atoms with van der Waals surface area (Å²) in [6.45, 7) is 3.64. The molecule has 2 aliphatic heterocycles. The second-order valence-electron chi connectivity index (χ2n) is 4.71. The van der Waals surface area contributed by atoms with Gasteiger partial charge in [-0.15, -0.1) is 0 Å². The van der Waals surface area contributed by atoms with Crippen molar-refractivity contribution < 1.29 is 14.7 Å². The van der Waals surface area contributed by atoms with Crippen LogP contribution >= 0.6 is 0 Å². The molecule has 2 unspecified atom stereocenters. The number of hydrogen-bond donors (Lipinski definition) is 2. The standard InChI is InChI=1S/C11H19N3O3/c15-8-13-1-3-14(4-2-13)11(17)9-5-10(16)7-12-6-9/h8-10,12,16H,1-7H2. The molecule has 0 aliphatic carbocycles. The number of piperidine rings is 1. The minimum Gasteiger partial charge on any atom is -0.392 e. The molecular formula is C11H19N3O3. The van der Waals surface area contributed by atoms with Crippen molar-refractivity contribution in [1.82, 2.24) is 15.1 Å². The van der Waals surface area contributed by atoms with Crippen molar-refractivity contribution in [3.8, 4) is 0 Å². The van der Waals surface area contributed by atoms with Crippen molar-refractivity contribution in [1.29, 1.82) is 0 Å². The number of hydrogen-bond acceptors (Lipinski definition) is 4. The van der Waals surface area contributed by atoms with E-state index in [0.717, 1.165) is 6.41 Å². The van der Waals surface area contributed by atoms with E-state index >= 15 is 0 Å². The molecule has 2 aliphatic rings. The highest BCUT2D eigenvalue weighted by atomic mass is 16.3. The van der Waals surface area contributed by atoms with Crippen LogP contribution in [0.4, 0.5) is 0 Å². The number of nitrogens with one attached hydrogen (secondary N) is 1. The van der Waals surface area contributed by atoms with Gasteiger partial charge >= 0.3 is 0 Å². The summed E-state index contributed by atoms with van der Waals surface area (Å²) in [5.74, 6) is -0.0247. The van der Waals surface area contributed by atoms with Crippen LogP contribution in [0.2, 0.25) is 0 Å². The molecule has 0 bridgehead atoms. The van der Waals surface area contributed by atoms with E-state index in [0.29, 0.717) is 45.7 Å². The summed E-state index contributed by atoms with van der Waals surface area (Å²) in [6.07, 6.45) is 0.946. The van der Waals surface area contributed by atoms with E-state index in [1.807, 2.05) is 0 Å². The van der Waals surface area contributed by atoms with Crippen molar-refractivity contribution >= 4 is 12.3 Å². The van der Waals surface area contributed by atoms with Crippen LogP contribution in [0.1, 0.15) is 6.42 Å². The Morgan fingerprint density at radius 2 is 1.94 bits per heavy atom. The van der Waals surface area contributed by atoms with E-state index in [2.05, 4.69) is 5.32 Å². The van der Waals surface area contributed by atoms with E-state index in [1.54, 1.807) is 9.80 Å². The Morgan fingerprint density at radius 1 is 1.24 bits per heavy atom. The van der Waals surface area contributed by atoms with Gasteiger partial charge in [-0.05, 0) is 6.42 Å². The zero-order valence-corrected chi connectivity index (χ0v) is 9.84. The fourth-order valence-corrected chi connectivity index (χ4v) is 2.41. The highest BCUT2D eigenvalue weighted by Gasteiger charge is 2.30. The first-order valence-corrected chi connectivity index (χ1v) is 6.07. The van der Waals surface area contributed by atoms with E-state index in [-0.39, 0.29) is 11.8 Å². The SMILES string of the molecule is O=CN1CCN(C(=O)C2CNCC(O)C2)CC1. The topological polar surface area (TPSA) is 72.9 Å². The quantitative estimate of drug-likeness (QED) is 0.563.